The lowest BCUT2D eigenvalue weighted by molar-refractivity contribution is 0.0995. The van der Waals surface area contributed by atoms with Gasteiger partial charge in [0.25, 0.3) is 11.8 Å². The van der Waals surface area contributed by atoms with Crippen LogP contribution >= 0.6 is 0 Å². The molecule has 4 aromatic rings. The maximum absolute atomic E-state index is 12.7. The number of furan rings is 1. The summed E-state index contributed by atoms with van der Waals surface area (Å²) < 4.78 is 21.6. The first-order valence-electron chi connectivity index (χ1n) is 10.5. The molecule has 170 valence electrons. The summed E-state index contributed by atoms with van der Waals surface area (Å²) in [7, 11) is 0. The molecule has 2 N–H and O–H groups in total. The molecule has 0 fully saturated rings. The molecule has 0 saturated carbocycles. The van der Waals surface area contributed by atoms with Crippen molar-refractivity contribution in [3.8, 4) is 17.2 Å². The molecule has 2 amide bonds. The number of amides is 2. The number of carbonyl (C=O) groups is 2. The molecule has 1 aliphatic heterocycles. The molecular formula is C26H20N2O6. The lowest BCUT2D eigenvalue weighted by atomic mass is 10.1. The highest BCUT2D eigenvalue weighted by Crippen LogP contribution is 2.35. The largest absolute Gasteiger partial charge is 0.489 e. The standard InChI is InChI=1S/C26H20N2O6/c29-25(18-6-8-19(9-7-18)27-26(30)23-5-2-12-31-23)28-20-4-1-3-17(13-20)15-32-21-10-11-22-24(14-21)34-16-33-22/h1-14H,15-16H2,(H,27,30)(H,28,29). The fraction of sp³-hybridized carbons (Fsp3) is 0.0769. The van der Waals surface area contributed by atoms with Crippen LogP contribution in [0.5, 0.6) is 17.2 Å². The van der Waals surface area contributed by atoms with Crippen molar-refractivity contribution in [1.82, 2.24) is 0 Å². The van der Waals surface area contributed by atoms with Gasteiger partial charge in [-0.3, -0.25) is 9.59 Å². The molecular weight excluding hydrogens is 436 g/mol. The Balaban J connectivity index is 1.18. The van der Waals surface area contributed by atoms with Gasteiger partial charge in [0.2, 0.25) is 6.79 Å². The highest BCUT2D eigenvalue weighted by Gasteiger charge is 2.14. The molecule has 0 atom stereocenters. The maximum Gasteiger partial charge on any atom is 0.291 e. The highest BCUT2D eigenvalue weighted by molar-refractivity contribution is 6.05. The molecule has 1 aliphatic rings. The monoisotopic (exact) mass is 456 g/mol. The molecule has 8 nitrogen and oxygen atoms in total. The SMILES string of the molecule is O=C(Nc1cccc(COc2ccc3c(c2)OCO3)c1)c1ccc(NC(=O)c2ccco2)cc1. The minimum atomic E-state index is -0.359. The van der Waals surface area contributed by atoms with E-state index in [0.717, 1.165) is 5.56 Å². The van der Waals surface area contributed by atoms with E-state index in [9.17, 15) is 9.59 Å². The van der Waals surface area contributed by atoms with E-state index in [1.165, 1.54) is 6.26 Å². The van der Waals surface area contributed by atoms with Crippen molar-refractivity contribution in [1.29, 1.82) is 0 Å². The topological polar surface area (TPSA) is 99.0 Å². The van der Waals surface area contributed by atoms with E-state index < -0.39 is 0 Å². The van der Waals surface area contributed by atoms with Crippen molar-refractivity contribution < 1.29 is 28.2 Å². The molecule has 0 spiro atoms. The molecule has 8 heteroatoms. The lowest BCUT2D eigenvalue weighted by Gasteiger charge is -2.10. The molecule has 0 bridgehead atoms. The summed E-state index contributed by atoms with van der Waals surface area (Å²) >= 11 is 0. The van der Waals surface area contributed by atoms with Gasteiger partial charge in [0, 0.05) is 23.0 Å². The van der Waals surface area contributed by atoms with Crippen LogP contribution in [-0.2, 0) is 6.61 Å². The van der Waals surface area contributed by atoms with Gasteiger partial charge in [-0.2, -0.15) is 0 Å². The zero-order valence-corrected chi connectivity index (χ0v) is 17.9. The fourth-order valence-corrected chi connectivity index (χ4v) is 3.38. The summed E-state index contributed by atoms with van der Waals surface area (Å²) in [6, 6.07) is 22.6. The van der Waals surface area contributed by atoms with Gasteiger partial charge in [0.05, 0.1) is 6.26 Å². The van der Waals surface area contributed by atoms with Crippen LogP contribution in [0.15, 0.2) is 89.5 Å². The van der Waals surface area contributed by atoms with Crippen molar-refractivity contribution in [2.75, 3.05) is 17.4 Å². The van der Waals surface area contributed by atoms with Crippen LogP contribution in [0.1, 0.15) is 26.5 Å². The van der Waals surface area contributed by atoms with Crippen LogP contribution in [0.4, 0.5) is 11.4 Å². The summed E-state index contributed by atoms with van der Waals surface area (Å²) in [5.74, 6) is 1.61. The number of fused-ring (bicyclic) bond motifs is 1. The summed E-state index contributed by atoms with van der Waals surface area (Å²) in [5, 5.41) is 5.60. The molecule has 0 saturated heterocycles. The zero-order chi connectivity index (χ0) is 23.3. The Labute approximate surface area is 195 Å². The number of carbonyl (C=O) groups excluding carboxylic acids is 2. The summed E-state index contributed by atoms with van der Waals surface area (Å²) in [5.41, 5.74) is 2.55. The van der Waals surface area contributed by atoms with E-state index >= 15 is 0 Å². The number of ether oxygens (including phenoxy) is 3. The zero-order valence-electron chi connectivity index (χ0n) is 17.9. The van der Waals surface area contributed by atoms with Gasteiger partial charge in [-0.25, -0.2) is 0 Å². The van der Waals surface area contributed by atoms with Crippen LogP contribution in [0, 0.1) is 0 Å². The highest BCUT2D eigenvalue weighted by atomic mass is 16.7. The van der Waals surface area contributed by atoms with E-state index in [1.807, 2.05) is 30.3 Å². The van der Waals surface area contributed by atoms with Gasteiger partial charge < -0.3 is 29.3 Å². The molecule has 0 unspecified atom stereocenters. The van der Waals surface area contributed by atoms with Gasteiger partial charge in [0.15, 0.2) is 17.3 Å². The van der Waals surface area contributed by atoms with Crippen LogP contribution < -0.4 is 24.8 Å². The van der Waals surface area contributed by atoms with Gasteiger partial charge >= 0.3 is 0 Å². The fourth-order valence-electron chi connectivity index (χ4n) is 3.38. The first-order valence-corrected chi connectivity index (χ1v) is 10.5. The Bertz CT molecular complexity index is 1320. The molecule has 2 heterocycles. The molecule has 0 aliphatic carbocycles. The van der Waals surface area contributed by atoms with E-state index in [1.54, 1.807) is 48.5 Å². The normalized spacial score (nSPS) is 11.6. The Morgan fingerprint density at radius 2 is 1.62 bits per heavy atom. The molecule has 3 aromatic carbocycles. The van der Waals surface area contributed by atoms with E-state index in [-0.39, 0.29) is 24.4 Å². The van der Waals surface area contributed by atoms with Crippen molar-refractivity contribution >= 4 is 23.2 Å². The lowest BCUT2D eigenvalue weighted by Crippen LogP contribution is -2.13. The second-order valence-electron chi connectivity index (χ2n) is 7.47. The Hall–Kier alpha value is -4.72. The summed E-state index contributed by atoms with van der Waals surface area (Å²) in [6.45, 7) is 0.538. The predicted octanol–water partition coefficient (Wildman–Crippen LogP) is 5.09. The molecule has 0 radical (unpaired) electrons. The van der Waals surface area contributed by atoms with E-state index in [0.29, 0.717) is 40.8 Å². The van der Waals surface area contributed by atoms with Crippen LogP contribution in [0.3, 0.4) is 0 Å². The number of rotatable bonds is 7. The first kappa shape index (κ1) is 21.1. The van der Waals surface area contributed by atoms with Crippen LogP contribution in [0.25, 0.3) is 0 Å². The number of hydrogen-bond donors (Lipinski definition) is 2. The van der Waals surface area contributed by atoms with Crippen molar-refractivity contribution in [2.45, 2.75) is 6.61 Å². The third-order valence-electron chi connectivity index (χ3n) is 5.08. The van der Waals surface area contributed by atoms with Gasteiger partial charge in [-0.15, -0.1) is 0 Å². The minimum Gasteiger partial charge on any atom is -0.489 e. The van der Waals surface area contributed by atoms with E-state index in [4.69, 9.17) is 18.6 Å². The van der Waals surface area contributed by atoms with Gasteiger partial charge in [-0.05, 0) is 66.2 Å². The number of benzene rings is 3. The first-order chi connectivity index (χ1) is 16.6. The smallest absolute Gasteiger partial charge is 0.291 e. The Morgan fingerprint density at radius 3 is 2.44 bits per heavy atom. The molecule has 34 heavy (non-hydrogen) atoms. The summed E-state index contributed by atoms with van der Waals surface area (Å²) in [4.78, 5) is 24.7. The predicted molar refractivity (Wildman–Crippen MR) is 124 cm³/mol. The van der Waals surface area contributed by atoms with Crippen molar-refractivity contribution in [2.24, 2.45) is 0 Å². The van der Waals surface area contributed by atoms with Gasteiger partial charge in [-0.1, -0.05) is 12.1 Å². The summed E-state index contributed by atoms with van der Waals surface area (Å²) in [6.07, 6.45) is 1.43. The number of nitrogens with one attached hydrogen (secondary N) is 2. The number of hydrogen-bond acceptors (Lipinski definition) is 6. The van der Waals surface area contributed by atoms with Crippen LogP contribution in [-0.4, -0.2) is 18.6 Å². The Kier molecular flexibility index (Phi) is 5.85. The second-order valence-corrected chi connectivity index (χ2v) is 7.47. The third kappa shape index (κ3) is 4.86. The van der Waals surface area contributed by atoms with Crippen molar-refractivity contribution in [3.05, 3.63) is 102 Å². The molecule has 1 aromatic heterocycles. The van der Waals surface area contributed by atoms with E-state index in [2.05, 4.69) is 10.6 Å². The maximum atomic E-state index is 12.7. The quantitative estimate of drug-likeness (QED) is 0.402. The van der Waals surface area contributed by atoms with Crippen LogP contribution in [0.2, 0.25) is 0 Å². The van der Waals surface area contributed by atoms with Gasteiger partial charge in [0.1, 0.15) is 12.4 Å². The number of anilines is 2. The molecule has 5 rings (SSSR count). The third-order valence-corrected chi connectivity index (χ3v) is 5.08. The average Bonchev–Trinajstić information content (AvgIpc) is 3.55. The van der Waals surface area contributed by atoms with Crippen molar-refractivity contribution in [3.63, 3.8) is 0 Å². The average molecular weight is 456 g/mol. The minimum absolute atomic E-state index is 0.211. The second kappa shape index (κ2) is 9.41. The Morgan fingerprint density at radius 1 is 0.794 bits per heavy atom.